The smallest absolute Gasteiger partial charge is 0.319 e. The maximum absolute atomic E-state index is 3.40. The van der Waals surface area contributed by atoms with Gasteiger partial charge in [-0.05, 0) is 19.4 Å². The summed E-state index contributed by atoms with van der Waals surface area (Å²) in [5.41, 5.74) is 1.50. The standard InChI is InChI=1S/C9H12N.Al.2H/c1-9(2,10)8-6-4-3-5-7-8;;;/h3-7,10H,1-2H3;;;/q-1;+1;;. The van der Waals surface area contributed by atoms with Gasteiger partial charge in [0.15, 0.2) is 0 Å². The fraction of sp³-hybridized carbons (Fsp3) is 0.333. The van der Waals surface area contributed by atoms with E-state index in [-0.39, 0.29) is 5.54 Å². The van der Waals surface area contributed by atoms with E-state index in [1.54, 1.807) is 0 Å². The molecule has 0 radical (unpaired) electrons. The molecule has 58 valence electrons. The molecular formula is C9H14AlN. The lowest BCUT2D eigenvalue weighted by molar-refractivity contribution is 0.502. The normalized spacial score (nSPS) is 11.5. The van der Waals surface area contributed by atoms with Gasteiger partial charge in [0.25, 0.3) is 0 Å². The maximum atomic E-state index is 3.40. The summed E-state index contributed by atoms with van der Waals surface area (Å²) < 4.78 is 3.40. The molecule has 0 amide bonds. The van der Waals surface area contributed by atoms with E-state index in [1.165, 1.54) is 5.56 Å². The van der Waals surface area contributed by atoms with E-state index in [1.807, 2.05) is 6.07 Å². The van der Waals surface area contributed by atoms with Crippen LogP contribution in [0.25, 0.3) is 0 Å². The summed E-state index contributed by atoms with van der Waals surface area (Å²) >= 11 is 1.03. The highest BCUT2D eigenvalue weighted by molar-refractivity contribution is 6.04. The summed E-state index contributed by atoms with van der Waals surface area (Å²) in [6.45, 7) is 4.41. The van der Waals surface area contributed by atoms with Crippen LogP contribution in [0.15, 0.2) is 30.3 Å². The Morgan fingerprint density at radius 1 is 1.18 bits per heavy atom. The molecule has 2 heteroatoms. The van der Waals surface area contributed by atoms with Gasteiger partial charge in [0, 0.05) is 5.54 Å². The van der Waals surface area contributed by atoms with Gasteiger partial charge < -0.3 is 4.30 Å². The topological polar surface area (TPSA) is 12.0 Å². The molecule has 1 aromatic rings. The molecule has 0 aliphatic carbocycles. The highest BCUT2D eigenvalue weighted by Gasteiger charge is 2.15. The first-order valence-electron chi connectivity index (χ1n) is 3.91. The summed E-state index contributed by atoms with van der Waals surface area (Å²) in [5, 5.41) is 0. The van der Waals surface area contributed by atoms with Crippen LogP contribution in [0.3, 0.4) is 0 Å². The van der Waals surface area contributed by atoms with Crippen molar-refractivity contribution >= 4 is 16.5 Å². The molecule has 1 nitrogen and oxygen atoms in total. The van der Waals surface area contributed by atoms with E-state index in [0.717, 1.165) is 16.5 Å². The van der Waals surface area contributed by atoms with Crippen molar-refractivity contribution in [1.29, 1.82) is 0 Å². The second-order valence-electron chi connectivity index (χ2n) is 3.24. The Morgan fingerprint density at radius 2 is 1.73 bits per heavy atom. The van der Waals surface area contributed by atoms with Gasteiger partial charge in [0.1, 0.15) is 0 Å². The highest BCUT2D eigenvalue weighted by Crippen LogP contribution is 2.17. The molecule has 0 spiro atoms. The maximum Gasteiger partial charge on any atom is 0.319 e. The third-order valence-electron chi connectivity index (χ3n) is 2.12. The molecule has 0 heterocycles. The molecule has 1 rings (SSSR count). The quantitative estimate of drug-likeness (QED) is 0.643. The predicted molar refractivity (Wildman–Crippen MR) is 51.1 cm³/mol. The number of benzene rings is 1. The van der Waals surface area contributed by atoms with E-state index < -0.39 is 0 Å². The molecule has 0 unspecified atom stereocenters. The zero-order valence-electron chi connectivity index (χ0n) is 7.39. The molecule has 0 aliphatic heterocycles. The number of hydrogen-bond donors (Lipinski definition) is 1. The lowest BCUT2D eigenvalue weighted by Gasteiger charge is -2.25. The van der Waals surface area contributed by atoms with Crippen LogP contribution < -0.4 is 4.30 Å². The molecule has 0 aromatic heterocycles. The van der Waals surface area contributed by atoms with Crippen molar-refractivity contribution in [1.82, 2.24) is 4.30 Å². The Hall–Kier alpha value is -0.288. The fourth-order valence-electron chi connectivity index (χ4n) is 0.999. The highest BCUT2D eigenvalue weighted by atomic mass is 27.1. The monoisotopic (exact) mass is 163 g/mol. The van der Waals surface area contributed by atoms with Crippen LogP contribution in [0.5, 0.6) is 0 Å². The third-order valence-corrected chi connectivity index (χ3v) is 3.37. The average Bonchev–Trinajstić information content (AvgIpc) is 2.06. The second kappa shape index (κ2) is 3.41. The van der Waals surface area contributed by atoms with Crippen LogP contribution in [0.1, 0.15) is 19.4 Å². The first-order valence-corrected chi connectivity index (χ1v) is 4.91. The molecule has 0 saturated heterocycles. The van der Waals surface area contributed by atoms with Gasteiger partial charge in [0.05, 0.1) is 0 Å². The molecular weight excluding hydrogens is 149 g/mol. The molecule has 11 heavy (non-hydrogen) atoms. The minimum Gasteiger partial charge on any atom is -0.396 e. The van der Waals surface area contributed by atoms with Crippen molar-refractivity contribution in [3.8, 4) is 0 Å². The summed E-state index contributed by atoms with van der Waals surface area (Å²) in [4.78, 5) is 0. The van der Waals surface area contributed by atoms with Crippen LogP contribution in [0.4, 0.5) is 0 Å². The molecule has 0 fully saturated rings. The summed E-state index contributed by atoms with van der Waals surface area (Å²) in [6.07, 6.45) is 0. The van der Waals surface area contributed by atoms with Crippen molar-refractivity contribution in [2.75, 3.05) is 0 Å². The van der Waals surface area contributed by atoms with Crippen molar-refractivity contribution in [2.45, 2.75) is 19.4 Å². The largest absolute Gasteiger partial charge is 0.396 e. The van der Waals surface area contributed by atoms with Crippen molar-refractivity contribution < 1.29 is 0 Å². The van der Waals surface area contributed by atoms with E-state index in [0.29, 0.717) is 0 Å². The SMILES string of the molecule is CC(C)([NH][AlH2])c1ccccc1. The van der Waals surface area contributed by atoms with E-state index in [9.17, 15) is 0 Å². The van der Waals surface area contributed by atoms with Gasteiger partial charge in [-0.1, -0.05) is 30.3 Å². The predicted octanol–water partition coefficient (Wildman–Crippen LogP) is 1.06. The van der Waals surface area contributed by atoms with E-state index in [2.05, 4.69) is 42.4 Å². The van der Waals surface area contributed by atoms with Crippen molar-refractivity contribution in [2.24, 2.45) is 0 Å². The molecule has 1 aromatic carbocycles. The molecule has 0 bridgehead atoms. The van der Waals surface area contributed by atoms with Gasteiger partial charge in [-0.2, -0.15) is 0 Å². The Bertz CT molecular complexity index is 218. The average molecular weight is 163 g/mol. The fourth-order valence-corrected chi connectivity index (χ4v) is 1.29. The third kappa shape index (κ3) is 2.07. The van der Waals surface area contributed by atoms with E-state index in [4.69, 9.17) is 0 Å². The van der Waals surface area contributed by atoms with Gasteiger partial charge in [0.2, 0.25) is 0 Å². The number of nitrogens with one attached hydrogen (secondary N) is 1. The first kappa shape index (κ1) is 8.81. The summed E-state index contributed by atoms with van der Waals surface area (Å²) in [5.74, 6) is 0. The van der Waals surface area contributed by atoms with Crippen LogP contribution in [0, 0.1) is 0 Å². The molecule has 1 N–H and O–H groups in total. The Morgan fingerprint density at radius 3 is 2.18 bits per heavy atom. The van der Waals surface area contributed by atoms with Crippen LogP contribution >= 0.6 is 0 Å². The Kier molecular flexibility index (Phi) is 2.73. The summed E-state index contributed by atoms with van der Waals surface area (Å²) in [6, 6.07) is 10.5. The minimum atomic E-state index is 0.146. The summed E-state index contributed by atoms with van der Waals surface area (Å²) in [7, 11) is 0. The lowest BCUT2D eigenvalue weighted by Crippen LogP contribution is -2.34. The second-order valence-corrected chi connectivity index (χ2v) is 3.74. The zero-order valence-corrected chi connectivity index (χ0v) is 9.39. The van der Waals surface area contributed by atoms with Crippen molar-refractivity contribution in [3.63, 3.8) is 0 Å². The number of hydrogen-bond acceptors (Lipinski definition) is 1. The number of rotatable bonds is 2. The van der Waals surface area contributed by atoms with Crippen LogP contribution in [-0.4, -0.2) is 16.5 Å². The Labute approximate surface area is 76.5 Å². The molecule has 0 aliphatic rings. The minimum absolute atomic E-state index is 0.146. The van der Waals surface area contributed by atoms with Crippen LogP contribution in [0.2, 0.25) is 0 Å². The molecule has 0 saturated carbocycles. The van der Waals surface area contributed by atoms with E-state index >= 15 is 0 Å². The van der Waals surface area contributed by atoms with Gasteiger partial charge in [-0.15, -0.1) is 0 Å². The first-order chi connectivity index (χ1) is 5.17. The van der Waals surface area contributed by atoms with Crippen LogP contribution in [-0.2, 0) is 5.54 Å². The Balaban J connectivity index is 2.93. The molecule has 0 atom stereocenters. The van der Waals surface area contributed by atoms with Crippen molar-refractivity contribution in [3.05, 3.63) is 35.9 Å². The van der Waals surface area contributed by atoms with Gasteiger partial charge in [-0.3, -0.25) is 0 Å². The zero-order chi connectivity index (χ0) is 8.32. The van der Waals surface area contributed by atoms with Gasteiger partial charge in [-0.25, -0.2) is 0 Å². The lowest BCUT2D eigenvalue weighted by atomic mass is 9.96. The van der Waals surface area contributed by atoms with Gasteiger partial charge >= 0.3 is 16.5 Å².